The highest BCUT2D eigenvalue weighted by Crippen LogP contribution is 2.20. The average molecular weight is 276 g/mol. The van der Waals surface area contributed by atoms with Gasteiger partial charge < -0.3 is 10.1 Å². The molecule has 0 bridgehead atoms. The molecular formula is C16H12N4O. The predicted octanol–water partition coefficient (Wildman–Crippen LogP) is 2.56. The van der Waals surface area contributed by atoms with Crippen LogP contribution in [0, 0.1) is 0 Å². The van der Waals surface area contributed by atoms with Gasteiger partial charge in [0, 0.05) is 29.0 Å². The van der Waals surface area contributed by atoms with Crippen LogP contribution in [-0.2, 0) is 0 Å². The van der Waals surface area contributed by atoms with Crippen molar-refractivity contribution in [3.05, 3.63) is 66.9 Å². The van der Waals surface area contributed by atoms with Crippen LogP contribution in [0.5, 0.6) is 0 Å². The fourth-order valence-corrected chi connectivity index (χ4v) is 2.53. The Morgan fingerprint density at radius 3 is 2.90 bits per heavy atom. The molecule has 3 aromatic heterocycles. The summed E-state index contributed by atoms with van der Waals surface area (Å²) in [7, 11) is 0. The number of hydrogen-bond donors (Lipinski definition) is 1. The molecule has 0 spiro atoms. The standard InChI is InChI=1S/C16H12N4O/c17-13-1-2-15-11(7-13)4-6-20(15)16(21)12-3-5-19-10-18-9-14(19)8-12/h1-10H,17H2. The van der Waals surface area contributed by atoms with Crippen molar-refractivity contribution in [2.45, 2.75) is 0 Å². The highest BCUT2D eigenvalue weighted by molar-refractivity contribution is 6.03. The molecule has 2 N–H and O–H groups in total. The summed E-state index contributed by atoms with van der Waals surface area (Å²) in [6.45, 7) is 0. The van der Waals surface area contributed by atoms with Crippen molar-refractivity contribution < 1.29 is 4.79 Å². The van der Waals surface area contributed by atoms with E-state index in [0.29, 0.717) is 11.3 Å². The third-order valence-electron chi connectivity index (χ3n) is 3.59. The number of nitrogens with two attached hydrogens (primary N) is 1. The second-order valence-corrected chi connectivity index (χ2v) is 4.95. The third-order valence-corrected chi connectivity index (χ3v) is 3.59. The minimum atomic E-state index is -0.0709. The zero-order chi connectivity index (χ0) is 14.4. The number of pyridine rings is 1. The highest BCUT2D eigenvalue weighted by Gasteiger charge is 2.12. The van der Waals surface area contributed by atoms with E-state index < -0.39 is 0 Å². The molecule has 3 heterocycles. The number of carbonyl (C=O) groups excluding carboxylic acids is 1. The first-order valence-corrected chi connectivity index (χ1v) is 6.55. The van der Waals surface area contributed by atoms with Gasteiger partial charge in [-0.25, -0.2) is 4.98 Å². The maximum atomic E-state index is 12.7. The zero-order valence-electron chi connectivity index (χ0n) is 11.1. The summed E-state index contributed by atoms with van der Waals surface area (Å²) in [6.07, 6.45) is 7.04. The fraction of sp³-hybridized carbons (Fsp3) is 0. The lowest BCUT2D eigenvalue weighted by molar-refractivity contribution is 0.0965. The molecule has 0 aliphatic heterocycles. The third kappa shape index (κ3) is 1.79. The Bertz CT molecular complexity index is 980. The lowest BCUT2D eigenvalue weighted by Crippen LogP contribution is -2.10. The summed E-state index contributed by atoms with van der Waals surface area (Å²) >= 11 is 0. The Labute approximate surface area is 120 Å². The number of nitrogen functional groups attached to an aromatic ring is 1. The van der Waals surface area contributed by atoms with Crippen molar-refractivity contribution in [3.8, 4) is 0 Å². The van der Waals surface area contributed by atoms with Crippen LogP contribution in [0.4, 0.5) is 5.69 Å². The van der Waals surface area contributed by atoms with Crippen LogP contribution >= 0.6 is 0 Å². The summed E-state index contributed by atoms with van der Waals surface area (Å²) in [5, 5.41) is 0.953. The largest absolute Gasteiger partial charge is 0.399 e. The molecule has 0 aliphatic carbocycles. The molecular weight excluding hydrogens is 264 g/mol. The molecule has 0 unspecified atom stereocenters. The van der Waals surface area contributed by atoms with Crippen molar-refractivity contribution in [2.24, 2.45) is 0 Å². The topological polar surface area (TPSA) is 65.3 Å². The number of aromatic nitrogens is 3. The van der Waals surface area contributed by atoms with Crippen LogP contribution in [0.3, 0.4) is 0 Å². The number of anilines is 1. The van der Waals surface area contributed by atoms with Crippen molar-refractivity contribution in [2.75, 3.05) is 5.73 Å². The summed E-state index contributed by atoms with van der Waals surface area (Å²) in [5.74, 6) is -0.0709. The van der Waals surface area contributed by atoms with Gasteiger partial charge in [0.25, 0.3) is 5.91 Å². The van der Waals surface area contributed by atoms with E-state index in [2.05, 4.69) is 4.98 Å². The number of rotatable bonds is 1. The van der Waals surface area contributed by atoms with Gasteiger partial charge in [-0.15, -0.1) is 0 Å². The Balaban J connectivity index is 1.85. The van der Waals surface area contributed by atoms with Crippen molar-refractivity contribution in [3.63, 3.8) is 0 Å². The molecule has 4 rings (SSSR count). The van der Waals surface area contributed by atoms with E-state index in [1.807, 2.05) is 34.9 Å². The van der Waals surface area contributed by atoms with E-state index in [4.69, 9.17) is 5.73 Å². The van der Waals surface area contributed by atoms with Crippen LogP contribution in [0.1, 0.15) is 10.4 Å². The average Bonchev–Trinajstić information content (AvgIpc) is 3.11. The summed E-state index contributed by atoms with van der Waals surface area (Å²) < 4.78 is 3.50. The number of benzene rings is 1. The SMILES string of the molecule is Nc1ccc2c(ccn2C(=O)c2ccn3cncc3c2)c1. The lowest BCUT2D eigenvalue weighted by Gasteiger charge is -2.05. The Morgan fingerprint density at radius 2 is 2.00 bits per heavy atom. The van der Waals surface area contributed by atoms with E-state index in [-0.39, 0.29) is 5.91 Å². The van der Waals surface area contributed by atoms with Gasteiger partial charge in [-0.2, -0.15) is 0 Å². The molecule has 0 atom stereocenters. The first kappa shape index (κ1) is 11.7. The molecule has 21 heavy (non-hydrogen) atoms. The molecule has 5 nitrogen and oxygen atoms in total. The van der Waals surface area contributed by atoms with Gasteiger partial charge in [0.1, 0.15) is 0 Å². The van der Waals surface area contributed by atoms with Gasteiger partial charge >= 0.3 is 0 Å². The van der Waals surface area contributed by atoms with Crippen LogP contribution in [-0.4, -0.2) is 19.9 Å². The second kappa shape index (κ2) is 4.21. The number of fused-ring (bicyclic) bond motifs is 2. The molecule has 0 amide bonds. The molecule has 0 saturated heterocycles. The minimum absolute atomic E-state index is 0.0709. The van der Waals surface area contributed by atoms with E-state index >= 15 is 0 Å². The number of nitrogens with zero attached hydrogens (tertiary/aromatic N) is 3. The summed E-state index contributed by atoms with van der Waals surface area (Å²) in [4.78, 5) is 16.7. The molecule has 1 aromatic carbocycles. The number of imidazole rings is 1. The van der Waals surface area contributed by atoms with E-state index in [1.165, 1.54) is 0 Å². The van der Waals surface area contributed by atoms with Gasteiger partial charge in [0.2, 0.25) is 0 Å². The zero-order valence-corrected chi connectivity index (χ0v) is 11.1. The first-order chi connectivity index (χ1) is 10.2. The highest BCUT2D eigenvalue weighted by atomic mass is 16.2. The second-order valence-electron chi connectivity index (χ2n) is 4.95. The smallest absolute Gasteiger partial charge is 0.262 e. The minimum Gasteiger partial charge on any atom is -0.399 e. The van der Waals surface area contributed by atoms with Gasteiger partial charge in [0.15, 0.2) is 0 Å². The maximum Gasteiger partial charge on any atom is 0.262 e. The van der Waals surface area contributed by atoms with Gasteiger partial charge in [-0.1, -0.05) is 0 Å². The molecule has 0 radical (unpaired) electrons. The Kier molecular flexibility index (Phi) is 2.35. The maximum absolute atomic E-state index is 12.7. The van der Waals surface area contributed by atoms with Crippen LogP contribution in [0.15, 0.2) is 61.3 Å². The molecule has 102 valence electrons. The fourth-order valence-electron chi connectivity index (χ4n) is 2.53. The predicted molar refractivity (Wildman–Crippen MR) is 81.3 cm³/mol. The Hall–Kier alpha value is -3.08. The van der Waals surface area contributed by atoms with Gasteiger partial charge in [0.05, 0.1) is 23.6 Å². The monoisotopic (exact) mass is 276 g/mol. The quantitative estimate of drug-likeness (QED) is 0.543. The molecule has 0 aliphatic rings. The number of hydrogen-bond acceptors (Lipinski definition) is 3. The molecule has 5 heteroatoms. The van der Waals surface area contributed by atoms with Crippen LogP contribution in [0.25, 0.3) is 16.4 Å². The molecule has 0 saturated carbocycles. The van der Waals surface area contributed by atoms with E-state index in [9.17, 15) is 4.79 Å². The summed E-state index contributed by atoms with van der Waals surface area (Å²) in [6, 6.07) is 11.0. The Morgan fingerprint density at radius 1 is 1.10 bits per heavy atom. The normalized spacial score (nSPS) is 11.2. The number of carbonyl (C=O) groups is 1. The summed E-state index contributed by atoms with van der Waals surface area (Å²) in [5.41, 5.74) is 8.82. The van der Waals surface area contributed by atoms with Gasteiger partial charge in [-0.05, 0) is 36.4 Å². The van der Waals surface area contributed by atoms with Crippen molar-refractivity contribution in [1.29, 1.82) is 0 Å². The van der Waals surface area contributed by atoms with E-state index in [1.54, 1.807) is 35.4 Å². The lowest BCUT2D eigenvalue weighted by atomic mass is 10.2. The van der Waals surface area contributed by atoms with Crippen molar-refractivity contribution >= 4 is 28.0 Å². The van der Waals surface area contributed by atoms with Crippen LogP contribution < -0.4 is 5.73 Å². The molecule has 0 fully saturated rings. The van der Waals surface area contributed by atoms with Crippen LogP contribution in [0.2, 0.25) is 0 Å². The molecule has 4 aromatic rings. The van der Waals surface area contributed by atoms with Crippen molar-refractivity contribution in [1.82, 2.24) is 14.0 Å². The van der Waals surface area contributed by atoms with Gasteiger partial charge in [-0.3, -0.25) is 9.36 Å². The van der Waals surface area contributed by atoms with E-state index in [0.717, 1.165) is 16.4 Å². The first-order valence-electron chi connectivity index (χ1n) is 6.55.